The van der Waals surface area contributed by atoms with Gasteiger partial charge in [0.1, 0.15) is 28.3 Å². The largest absolute Gasteiger partial charge is 0.494 e. The number of halogens is 1. The van der Waals surface area contributed by atoms with Gasteiger partial charge in [0.25, 0.3) is 0 Å². The highest BCUT2D eigenvalue weighted by molar-refractivity contribution is 7.18. The normalized spacial score (nSPS) is 11.7. The van der Waals surface area contributed by atoms with Crippen LogP contribution in [0.25, 0.3) is 0 Å². The predicted octanol–water partition coefficient (Wildman–Crippen LogP) is 3.32. The molecule has 0 aliphatic heterocycles. The van der Waals surface area contributed by atoms with Crippen LogP contribution in [0.3, 0.4) is 0 Å². The molecule has 7 nitrogen and oxygen atoms in total. The van der Waals surface area contributed by atoms with Crippen molar-refractivity contribution in [2.45, 2.75) is 13.0 Å². The number of hydrogen-bond donors (Lipinski definition) is 2. The molecule has 3 aromatic rings. The topological polar surface area (TPSA) is 112 Å². The Balaban J connectivity index is 1.97. The number of amides is 1. The first-order chi connectivity index (χ1) is 14.3. The number of primary amides is 1. The van der Waals surface area contributed by atoms with Gasteiger partial charge >= 0.3 is 0 Å². The zero-order chi connectivity index (χ0) is 21.8. The fraction of sp³-hybridized carbons (Fsp3) is 0.143. The molecule has 1 heterocycles. The Morgan fingerprint density at radius 2 is 1.83 bits per heavy atom. The molecule has 3 rings (SSSR count). The Morgan fingerprint density at radius 3 is 2.40 bits per heavy atom. The molecule has 1 atom stereocenters. The second-order valence-corrected chi connectivity index (χ2v) is 7.32. The van der Waals surface area contributed by atoms with Crippen LogP contribution in [0.15, 0.2) is 48.5 Å². The zero-order valence-electron chi connectivity index (χ0n) is 16.2. The van der Waals surface area contributed by atoms with Gasteiger partial charge in [-0.2, -0.15) is 0 Å². The highest BCUT2D eigenvalue weighted by Gasteiger charge is 2.27. The number of nitrogens with zero attached hydrogens (tertiary/aromatic N) is 2. The van der Waals surface area contributed by atoms with Gasteiger partial charge in [-0.1, -0.05) is 11.3 Å². The van der Waals surface area contributed by atoms with Crippen LogP contribution in [0.5, 0.6) is 5.75 Å². The van der Waals surface area contributed by atoms with Gasteiger partial charge in [-0.3, -0.25) is 9.59 Å². The molecule has 0 aliphatic rings. The smallest absolute Gasteiger partial charge is 0.240 e. The number of hydrogen-bond acceptors (Lipinski definition) is 7. The first-order valence-corrected chi connectivity index (χ1v) is 9.80. The molecule has 0 bridgehead atoms. The quantitative estimate of drug-likeness (QED) is 0.534. The van der Waals surface area contributed by atoms with Crippen LogP contribution < -0.4 is 21.1 Å². The SMILES string of the molecule is [CH2]COc1ccc(C(=O)c2sc(N(c3ccc(F)cc3)C(C)C(N)=O)nc2N)cc1. The number of anilines is 3. The Morgan fingerprint density at radius 1 is 1.20 bits per heavy atom. The number of ketones is 1. The number of carbonyl (C=O) groups is 2. The number of carbonyl (C=O) groups excluding carboxylic acids is 2. The van der Waals surface area contributed by atoms with E-state index >= 15 is 0 Å². The van der Waals surface area contributed by atoms with Gasteiger partial charge in [-0.25, -0.2) is 9.37 Å². The van der Waals surface area contributed by atoms with Crippen molar-refractivity contribution in [3.63, 3.8) is 0 Å². The number of nitrogens with two attached hydrogens (primary N) is 2. The number of thiazole rings is 1. The van der Waals surface area contributed by atoms with Crippen LogP contribution in [0.1, 0.15) is 22.2 Å². The van der Waals surface area contributed by atoms with Crippen molar-refractivity contribution in [2.75, 3.05) is 17.2 Å². The molecule has 2 aromatic carbocycles. The minimum atomic E-state index is -0.803. The molecule has 1 unspecified atom stereocenters. The fourth-order valence-corrected chi connectivity index (χ4v) is 3.82. The summed E-state index contributed by atoms with van der Waals surface area (Å²) in [5.74, 6) is -0.726. The molecule has 1 amide bonds. The summed E-state index contributed by atoms with van der Waals surface area (Å²) in [6, 6.07) is 11.3. The van der Waals surface area contributed by atoms with E-state index < -0.39 is 17.8 Å². The van der Waals surface area contributed by atoms with Crippen molar-refractivity contribution in [2.24, 2.45) is 5.73 Å². The summed E-state index contributed by atoms with van der Waals surface area (Å²) in [7, 11) is 0. The molecular weight excluding hydrogens is 407 g/mol. The van der Waals surface area contributed by atoms with Crippen LogP contribution >= 0.6 is 11.3 Å². The number of benzene rings is 2. The summed E-state index contributed by atoms with van der Waals surface area (Å²) >= 11 is 1.03. The lowest BCUT2D eigenvalue weighted by Gasteiger charge is -2.26. The number of rotatable bonds is 8. The number of aromatic nitrogens is 1. The van der Waals surface area contributed by atoms with E-state index in [1.807, 2.05) is 0 Å². The zero-order valence-corrected chi connectivity index (χ0v) is 17.0. The van der Waals surface area contributed by atoms with Crippen molar-refractivity contribution in [1.29, 1.82) is 0 Å². The molecule has 0 aliphatic carbocycles. The van der Waals surface area contributed by atoms with E-state index in [0.29, 0.717) is 22.1 Å². The lowest BCUT2D eigenvalue weighted by molar-refractivity contribution is -0.118. The van der Waals surface area contributed by atoms with Gasteiger partial charge < -0.3 is 21.1 Å². The van der Waals surface area contributed by atoms with Crippen LogP contribution in [-0.2, 0) is 4.79 Å². The van der Waals surface area contributed by atoms with Crippen molar-refractivity contribution in [1.82, 2.24) is 4.98 Å². The van der Waals surface area contributed by atoms with Gasteiger partial charge in [-0.05, 0) is 62.4 Å². The minimum Gasteiger partial charge on any atom is -0.494 e. The first kappa shape index (κ1) is 21.3. The fourth-order valence-electron chi connectivity index (χ4n) is 2.77. The summed E-state index contributed by atoms with van der Waals surface area (Å²) in [5.41, 5.74) is 12.4. The van der Waals surface area contributed by atoms with E-state index in [2.05, 4.69) is 11.9 Å². The second-order valence-electron chi connectivity index (χ2n) is 6.34. The van der Waals surface area contributed by atoms with Crippen molar-refractivity contribution < 1.29 is 18.7 Å². The third kappa shape index (κ3) is 4.41. The highest BCUT2D eigenvalue weighted by atomic mass is 32.1. The van der Waals surface area contributed by atoms with Gasteiger partial charge in [0.05, 0.1) is 6.61 Å². The monoisotopic (exact) mass is 427 g/mol. The first-order valence-electron chi connectivity index (χ1n) is 8.99. The number of ether oxygens (including phenoxy) is 1. The van der Waals surface area contributed by atoms with Crippen LogP contribution in [0, 0.1) is 12.7 Å². The van der Waals surface area contributed by atoms with Crippen molar-refractivity contribution in [3.05, 3.63) is 71.7 Å². The molecule has 30 heavy (non-hydrogen) atoms. The maximum Gasteiger partial charge on any atom is 0.240 e. The standard InChI is InChI=1S/C21H20FN4O3S/c1-3-29-16-10-4-13(5-11-16)17(27)18-19(23)25-21(30-18)26(12(2)20(24)28)15-8-6-14(22)7-9-15/h4-12H,1,3,23H2,2H3,(H2,24,28). The number of nitrogen functional groups attached to an aromatic ring is 1. The minimum absolute atomic E-state index is 0.0295. The van der Waals surface area contributed by atoms with Crippen molar-refractivity contribution >= 4 is 39.7 Å². The lowest BCUT2D eigenvalue weighted by atomic mass is 10.1. The van der Waals surface area contributed by atoms with E-state index in [1.165, 1.54) is 29.2 Å². The van der Waals surface area contributed by atoms with E-state index in [4.69, 9.17) is 16.2 Å². The molecule has 0 saturated carbocycles. The Bertz CT molecular complexity index is 1050. The van der Waals surface area contributed by atoms with Crippen LogP contribution in [0.2, 0.25) is 0 Å². The molecule has 9 heteroatoms. The summed E-state index contributed by atoms with van der Waals surface area (Å²) in [4.78, 5) is 30.8. The highest BCUT2D eigenvalue weighted by Crippen LogP contribution is 2.36. The second kappa shape index (κ2) is 8.91. The van der Waals surface area contributed by atoms with Gasteiger partial charge in [0, 0.05) is 11.3 Å². The molecule has 1 aromatic heterocycles. The van der Waals surface area contributed by atoms with Crippen molar-refractivity contribution in [3.8, 4) is 5.75 Å². The molecule has 4 N–H and O–H groups in total. The average Bonchev–Trinajstić information content (AvgIpc) is 3.11. The third-order valence-corrected chi connectivity index (χ3v) is 5.41. The molecule has 0 saturated heterocycles. The third-order valence-electron chi connectivity index (χ3n) is 4.34. The van der Waals surface area contributed by atoms with Crippen LogP contribution in [-0.4, -0.2) is 29.3 Å². The Labute approximate surface area is 177 Å². The van der Waals surface area contributed by atoms with E-state index in [-0.39, 0.29) is 23.1 Å². The molecular formula is C21H20FN4O3S. The summed E-state index contributed by atoms with van der Waals surface area (Å²) in [6.07, 6.45) is 0. The maximum atomic E-state index is 13.4. The van der Waals surface area contributed by atoms with Gasteiger partial charge in [0.15, 0.2) is 5.13 Å². The van der Waals surface area contributed by atoms with Gasteiger partial charge in [0.2, 0.25) is 11.7 Å². The average molecular weight is 427 g/mol. The van der Waals surface area contributed by atoms with Crippen LogP contribution in [0.4, 0.5) is 21.0 Å². The maximum absolute atomic E-state index is 13.4. The van der Waals surface area contributed by atoms with Gasteiger partial charge in [-0.15, -0.1) is 0 Å². The molecule has 0 fully saturated rings. The van der Waals surface area contributed by atoms with E-state index in [0.717, 1.165) is 11.3 Å². The lowest BCUT2D eigenvalue weighted by Crippen LogP contribution is -2.39. The molecule has 1 radical (unpaired) electrons. The Kier molecular flexibility index (Phi) is 6.31. The van der Waals surface area contributed by atoms with E-state index in [1.54, 1.807) is 31.2 Å². The summed E-state index contributed by atoms with van der Waals surface area (Å²) in [5, 5.41) is 0.297. The summed E-state index contributed by atoms with van der Waals surface area (Å²) < 4.78 is 18.6. The summed E-state index contributed by atoms with van der Waals surface area (Å²) in [6.45, 7) is 5.47. The predicted molar refractivity (Wildman–Crippen MR) is 114 cm³/mol. The molecule has 155 valence electrons. The Hall–Kier alpha value is -3.46. The molecule has 0 spiro atoms. The van der Waals surface area contributed by atoms with E-state index in [9.17, 15) is 14.0 Å².